The summed E-state index contributed by atoms with van der Waals surface area (Å²) in [7, 11) is -3.80. The van der Waals surface area contributed by atoms with Gasteiger partial charge in [-0.2, -0.15) is 0 Å². The lowest BCUT2D eigenvalue weighted by atomic mass is 10.0. The Morgan fingerprint density at radius 2 is 1.85 bits per heavy atom. The number of sulfonamides is 1. The second kappa shape index (κ2) is 6.21. The molecule has 2 aliphatic heterocycles. The number of hydrogen-bond acceptors (Lipinski definition) is 5. The molecule has 0 bridgehead atoms. The first kappa shape index (κ1) is 16.7. The fourth-order valence-corrected chi connectivity index (χ4v) is 4.09. The van der Waals surface area contributed by atoms with Gasteiger partial charge in [-0.3, -0.25) is 9.52 Å². The van der Waals surface area contributed by atoms with Crippen molar-refractivity contribution in [2.75, 3.05) is 23.3 Å². The van der Waals surface area contributed by atoms with Crippen LogP contribution in [-0.4, -0.2) is 27.5 Å². The average molecular weight is 374 g/mol. The molecule has 1 atom stereocenters. The highest BCUT2D eigenvalue weighted by molar-refractivity contribution is 7.92. The monoisotopic (exact) mass is 374 g/mol. The quantitative estimate of drug-likeness (QED) is 0.862. The Labute approximate surface area is 151 Å². The van der Waals surface area contributed by atoms with Gasteiger partial charge in [0.25, 0.3) is 10.0 Å². The topological polar surface area (TPSA) is 93.7 Å². The fraction of sp³-hybridized carbons (Fsp3) is 0.278. The highest BCUT2D eigenvalue weighted by Crippen LogP contribution is 2.35. The summed E-state index contributed by atoms with van der Waals surface area (Å²) in [5.41, 5.74) is 1.71. The molecule has 0 spiro atoms. The number of nitrogens with one attached hydrogen (secondary N) is 2. The van der Waals surface area contributed by atoms with E-state index in [2.05, 4.69) is 10.0 Å². The molecule has 0 saturated heterocycles. The van der Waals surface area contributed by atoms with Crippen molar-refractivity contribution in [2.24, 2.45) is 0 Å². The van der Waals surface area contributed by atoms with Crippen LogP contribution >= 0.6 is 0 Å². The average Bonchev–Trinajstić information content (AvgIpc) is 2.77. The third kappa shape index (κ3) is 2.96. The summed E-state index contributed by atoms with van der Waals surface area (Å²) >= 11 is 0. The van der Waals surface area contributed by atoms with E-state index < -0.39 is 10.0 Å². The van der Waals surface area contributed by atoms with Crippen LogP contribution in [0.25, 0.3) is 0 Å². The number of amides is 1. The molecule has 1 unspecified atom stereocenters. The summed E-state index contributed by atoms with van der Waals surface area (Å²) < 4.78 is 39.2. The van der Waals surface area contributed by atoms with Gasteiger partial charge in [0.15, 0.2) is 11.5 Å². The minimum atomic E-state index is -3.80. The number of fused-ring (bicyclic) bond motifs is 2. The molecule has 0 aromatic heterocycles. The lowest BCUT2D eigenvalue weighted by molar-refractivity contribution is -0.116. The van der Waals surface area contributed by atoms with E-state index in [1.165, 1.54) is 12.1 Å². The predicted octanol–water partition coefficient (Wildman–Crippen LogP) is 2.70. The van der Waals surface area contributed by atoms with Gasteiger partial charge in [-0.1, -0.05) is 0 Å². The van der Waals surface area contributed by atoms with Crippen LogP contribution < -0.4 is 19.5 Å². The summed E-state index contributed by atoms with van der Waals surface area (Å²) in [6, 6.07) is 9.54. The van der Waals surface area contributed by atoms with Gasteiger partial charge in [0.05, 0.1) is 29.7 Å². The molecule has 0 saturated carbocycles. The van der Waals surface area contributed by atoms with Gasteiger partial charge in [-0.25, -0.2) is 8.42 Å². The van der Waals surface area contributed by atoms with E-state index in [0.717, 1.165) is 6.42 Å². The normalized spacial score (nSPS) is 18.7. The molecule has 2 aliphatic rings. The van der Waals surface area contributed by atoms with Gasteiger partial charge in [0, 0.05) is 18.2 Å². The third-order valence-electron chi connectivity index (χ3n) is 4.45. The van der Waals surface area contributed by atoms with Crippen LogP contribution in [0.4, 0.5) is 11.4 Å². The molecule has 0 fully saturated rings. The second-order valence-corrected chi connectivity index (χ2v) is 7.96. The van der Waals surface area contributed by atoms with Crippen molar-refractivity contribution in [3.8, 4) is 11.5 Å². The van der Waals surface area contributed by atoms with Gasteiger partial charge in [0.1, 0.15) is 0 Å². The van der Waals surface area contributed by atoms with E-state index in [1.807, 2.05) is 0 Å². The fourth-order valence-electron chi connectivity index (χ4n) is 3.00. The molecule has 0 aliphatic carbocycles. The first-order chi connectivity index (χ1) is 12.4. The SMILES string of the molecule is CC1C(=O)Nc2ccc(S(=O)(=O)Nc3ccc4c(c3)OCCCO4)cc21. The number of ether oxygens (including phenoxy) is 2. The highest BCUT2D eigenvalue weighted by atomic mass is 32.2. The van der Waals surface area contributed by atoms with Crippen molar-refractivity contribution in [3.63, 3.8) is 0 Å². The zero-order chi connectivity index (χ0) is 18.3. The molecule has 8 heteroatoms. The minimum Gasteiger partial charge on any atom is -0.490 e. The summed E-state index contributed by atoms with van der Waals surface area (Å²) in [6.45, 7) is 2.83. The van der Waals surface area contributed by atoms with E-state index in [0.29, 0.717) is 41.7 Å². The second-order valence-electron chi connectivity index (χ2n) is 6.28. The van der Waals surface area contributed by atoms with Gasteiger partial charge in [-0.05, 0) is 42.8 Å². The maximum atomic E-state index is 12.7. The largest absolute Gasteiger partial charge is 0.490 e. The Balaban J connectivity index is 1.62. The molecule has 26 heavy (non-hydrogen) atoms. The molecular formula is C18H18N2O5S. The Kier molecular flexibility index (Phi) is 3.99. The van der Waals surface area contributed by atoms with Crippen molar-refractivity contribution in [1.29, 1.82) is 0 Å². The van der Waals surface area contributed by atoms with Crippen LogP contribution in [0.15, 0.2) is 41.3 Å². The maximum Gasteiger partial charge on any atom is 0.261 e. The van der Waals surface area contributed by atoms with E-state index in [4.69, 9.17) is 9.47 Å². The van der Waals surface area contributed by atoms with Crippen molar-refractivity contribution in [1.82, 2.24) is 0 Å². The van der Waals surface area contributed by atoms with Crippen molar-refractivity contribution in [3.05, 3.63) is 42.0 Å². The van der Waals surface area contributed by atoms with E-state index in [9.17, 15) is 13.2 Å². The van der Waals surface area contributed by atoms with Crippen LogP contribution in [0, 0.1) is 0 Å². The van der Waals surface area contributed by atoms with Crippen LogP contribution in [-0.2, 0) is 14.8 Å². The number of carbonyl (C=O) groups excluding carboxylic acids is 1. The van der Waals surface area contributed by atoms with E-state index in [1.54, 1.807) is 31.2 Å². The molecule has 4 rings (SSSR count). The number of benzene rings is 2. The first-order valence-electron chi connectivity index (χ1n) is 8.31. The number of carbonyl (C=O) groups is 1. The highest BCUT2D eigenvalue weighted by Gasteiger charge is 2.28. The summed E-state index contributed by atoms with van der Waals surface area (Å²) in [5.74, 6) is 0.602. The standard InChI is InChI=1S/C18H18N2O5S/c1-11-14-10-13(4-5-15(14)19-18(11)21)26(22,23)20-12-3-6-16-17(9-12)25-8-2-7-24-16/h3-6,9-11,20H,2,7-8H2,1H3,(H,19,21). The molecule has 136 valence electrons. The van der Waals surface area contributed by atoms with Gasteiger partial charge in [-0.15, -0.1) is 0 Å². The molecule has 2 N–H and O–H groups in total. The molecular weight excluding hydrogens is 356 g/mol. The summed E-state index contributed by atoms with van der Waals surface area (Å²) in [6.07, 6.45) is 0.774. The van der Waals surface area contributed by atoms with Crippen LogP contribution in [0.1, 0.15) is 24.8 Å². The predicted molar refractivity (Wildman–Crippen MR) is 96.3 cm³/mol. The Morgan fingerprint density at radius 3 is 2.65 bits per heavy atom. The smallest absolute Gasteiger partial charge is 0.261 e. The molecule has 1 amide bonds. The Hall–Kier alpha value is -2.74. The van der Waals surface area contributed by atoms with Gasteiger partial charge in [0.2, 0.25) is 5.91 Å². The summed E-state index contributed by atoms with van der Waals surface area (Å²) in [5, 5.41) is 2.73. The van der Waals surface area contributed by atoms with Crippen LogP contribution in [0.3, 0.4) is 0 Å². The van der Waals surface area contributed by atoms with Crippen LogP contribution in [0.2, 0.25) is 0 Å². The van der Waals surface area contributed by atoms with E-state index in [-0.39, 0.29) is 16.7 Å². The molecule has 2 aromatic carbocycles. The lowest BCUT2D eigenvalue weighted by Gasteiger charge is -2.12. The molecule has 2 aromatic rings. The zero-order valence-corrected chi connectivity index (χ0v) is 14.9. The van der Waals surface area contributed by atoms with Crippen molar-refractivity contribution < 1.29 is 22.7 Å². The molecule has 0 radical (unpaired) electrons. The number of hydrogen-bond donors (Lipinski definition) is 2. The minimum absolute atomic E-state index is 0.103. The molecule has 7 nitrogen and oxygen atoms in total. The zero-order valence-electron chi connectivity index (χ0n) is 14.1. The van der Waals surface area contributed by atoms with Gasteiger partial charge < -0.3 is 14.8 Å². The van der Waals surface area contributed by atoms with Gasteiger partial charge >= 0.3 is 0 Å². The van der Waals surface area contributed by atoms with Crippen molar-refractivity contribution in [2.45, 2.75) is 24.2 Å². The van der Waals surface area contributed by atoms with Crippen LogP contribution in [0.5, 0.6) is 11.5 Å². The Bertz CT molecular complexity index is 987. The molecule has 2 heterocycles. The number of anilines is 2. The summed E-state index contributed by atoms with van der Waals surface area (Å²) in [4.78, 5) is 11.8. The Morgan fingerprint density at radius 1 is 1.08 bits per heavy atom. The van der Waals surface area contributed by atoms with Crippen molar-refractivity contribution >= 4 is 27.3 Å². The first-order valence-corrected chi connectivity index (χ1v) is 9.80. The van der Waals surface area contributed by atoms with E-state index >= 15 is 0 Å². The maximum absolute atomic E-state index is 12.7. The lowest BCUT2D eigenvalue weighted by Crippen LogP contribution is -2.13. The number of rotatable bonds is 3. The third-order valence-corrected chi connectivity index (χ3v) is 5.83.